The molecule has 0 aliphatic carbocycles. The Labute approximate surface area is 182 Å². The van der Waals surface area contributed by atoms with Gasteiger partial charge in [0, 0.05) is 0 Å². The van der Waals surface area contributed by atoms with Gasteiger partial charge in [-0.25, -0.2) is 8.42 Å². The van der Waals surface area contributed by atoms with E-state index in [0.717, 1.165) is 36.2 Å². The summed E-state index contributed by atoms with van der Waals surface area (Å²) >= 11 is 6.50. The Hall–Kier alpha value is -2.20. The first-order chi connectivity index (χ1) is 13.8. The molecule has 16 heteroatoms. The van der Waals surface area contributed by atoms with Crippen LogP contribution >= 0.6 is 23.4 Å². The monoisotopic (exact) mass is 499 g/mol. The molecular formula is C14H18ClN5O7S3. The maximum atomic E-state index is 11.6. The number of carbonyl (C=O) groups is 1. The highest BCUT2D eigenvalue weighted by atomic mass is 35.5. The fourth-order valence-electron chi connectivity index (χ4n) is 1.83. The van der Waals surface area contributed by atoms with Gasteiger partial charge in [-0.1, -0.05) is 25.6 Å². The molecule has 0 fully saturated rings. The van der Waals surface area contributed by atoms with Crippen molar-refractivity contribution in [2.24, 2.45) is 0 Å². The SMILES string of the molecule is CC.CS(=O)(=O)Nc1ccc(S(=O)(=O)O)c(Nc2nc(Cl)nc(SCC(=O)O)n2)c1. The van der Waals surface area contributed by atoms with Crippen LogP contribution in [0.15, 0.2) is 28.3 Å². The van der Waals surface area contributed by atoms with Crippen molar-refractivity contribution in [1.82, 2.24) is 15.0 Å². The molecule has 0 atom stereocenters. The molecule has 0 aliphatic heterocycles. The third-order valence-corrected chi connectivity index (χ3v) is 5.24. The summed E-state index contributed by atoms with van der Waals surface area (Å²) in [5.41, 5.74) is -0.259. The average molecular weight is 500 g/mol. The van der Waals surface area contributed by atoms with E-state index in [1.54, 1.807) is 0 Å². The number of sulfonamides is 1. The summed E-state index contributed by atoms with van der Waals surface area (Å²) in [5, 5.41) is 10.8. The van der Waals surface area contributed by atoms with Gasteiger partial charge in [0.1, 0.15) is 4.90 Å². The van der Waals surface area contributed by atoms with E-state index in [2.05, 4.69) is 25.0 Å². The molecule has 2 rings (SSSR count). The van der Waals surface area contributed by atoms with Gasteiger partial charge in [-0.15, -0.1) is 0 Å². The summed E-state index contributed by atoms with van der Waals surface area (Å²) in [6, 6.07) is 3.18. The van der Waals surface area contributed by atoms with Gasteiger partial charge in [0.2, 0.25) is 21.3 Å². The smallest absolute Gasteiger partial charge is 0.313 e. The number of carboxylic acids is 1. The first-order valence-corrected chi connectivity index (χ1v) is 12.7. The summed E-state index contributed by atoms with van der Waals surface area (Å²) in [4.78, 5) is 21.4. The second kappa shape index (κ2) is 10.7. The number of thioether (sulfide) groups is 1. The molecule has 2 aromatic rings. The lowest BCUT2D eigenvalue weighted by atomic mass is 10.3. The second-order valence-corrected chi connectivity index (χ2v) is 9.50. The number of nitrogens with one attached hydrogen (secondary N) is 2. The van der Waals surface area contributed by atoms with E-state index in [4.69, 9.17) is 16.7 Å². The Morgan fingerprint density at radius 2 is 1.80 bits per heavy atom. The van der Waals surface area contributed by atoms with E-state index in [-0.39, 0.29) is 33.5 Å². The molecule has 0 aliphatic rings. The largest absolute Gasteiger partial charge is 0.481 e. The van der Waals surface area contributed by atoms with Crippen LogP contribution in [-0.4, -0.2) is 59.4 Å². The van der Waals surface area contributed by atoms with Crippen LogP contribution in [0.4, 0.5) is 17.3 Å². The van der Waals surface area contributed by atoms with Crippen LogP contribution in [0.25, 0.3) is 0 Å². The second-order valence-electron chi connectivity index (χ2n) is 5.08. The zero-order chi connectivity index (χ0) is 23.1. The Morgan fingerprint density at radius 3 is 2.33 bits per heavy atom. The summed E-state index contributed by atoms with van der Waals surface area (Å²) in [5.74, 6) is -1.73. The Balaban J connectivity index is 0.00000218. The highest BCUT2D eigenvalue weighted by Gasteiger charge is 2.18. The molecule has 4 N–H and O–H groups in total. The van der Waals surface area contributed by atoms with Crippen molar-refractivity contribution >= 4 is 66.8 Å². The zero-order valence-electron chi connectivity index (χ0n) is 15.8. The number of aliphatic carboxylic acids is 1. The maximum absolute atomic E-state index is 11.6. The fraction of sp³-hybridized carbons (Fsp3) is 0.286. The molecule has 0 radical (unpaired) electrons. The minimum absolute atomic E-state index is 0.00183. The lowest BCUT2D eigenvalue weighted by molar-refractivity contribution is -0.133. The summed E-state index contributed by atoms with van der Waals surface area (Å²) in [6.45, 7) is 4.00. The van der Waals surface area contributed by atoms with Crippen molar-refractivity contribution in [2.45, 2.75) is 23.9 Å². The molecule has 0 unspecified atom stereocenters. The van der Waals surface area contributed by atoms with E-state index in [0.29, 0.717) is 0 Å². The predicted molar refractivity (Wildman–Crippen MR) is 113 cm³/mol. The van der Waals surface area contributed by atoms with E-state index in [1.807, 2.05) is 13.8 Å². The Bertz CT molecular complexity index is 1130. The van der Waals surface area contributed by atoms with Crippen molar-refractivity contribution in [2.75, 3.05) is 22.0 Å². The van der Waals surface area contributed by atoms with Crippen LogP contribution in [0, 0.1) is 0 Å². The van der Waals surface area contributed by atoms with Crippen LogP contribution in [0.1, 0.15) is 13.8 Å². The first kappa shape index (κ1) is 25.8. The quantitative estimate of drug-likeness (QED) is 0.306. The van der Waals surface area contributed by atoms with Crippen LogP contribution in [0.2, 0.25) is 5.28 Å². The molecule has 12 nitrogen and oxygen atoms in total. The van der Waals surface area contributed by atoms with E-state index in [1.165, 1.54) is 0 Å². The molecule has 0 saturated carbocycles. The topological polar surface area (TPSA) is 189 Å². The van der Waals surface area contributed by atoms with E-state index in [9.17, 15) is 26.2 Å². The number of anilines is 3. The third-order valence-electron chi connectivity index (χ3n) is 2.72. The van der Waals surface area contributed by atoms with Crippen LogP contribution in [-0.2, 0) is 24.9 Å². The standard InChI is InChI=1S/C12H12ClN5O7S3.C2H6/c1-27(21,22)18-6-2-3-8(28(23,24)25)7(4-6)14-11-15-10(13)16-12(17-11)26-5-9(19)20;1-2/h2-4,18H,5H2,1H3,(H,19,20)(H,23,24,25)(H,14,15,16,17);1-2H3. The highest BCUT2D eigenvalue weighted by molar-refractivity contribution is 7.99. The summed E-state index contributed by atoms with van der Waals surface area (Å²) in [6.07, 6.45) is 0.897. The number of aromatic nitrogens is 3. The third kappa shape index (κ3) is 8.66. The van der Waals surface area contributed by atoms with Crippen molar-refractivity contribution in [3.8, 4) is 0 Å². The van der Waals surface area contributed by atoms with Gasteiger partial charge in [0.05, 0.1) is 23.4 Å². The van der Waals surface area contributed by atoms with Gasteiger partial charge >= 0.3 is 5.97 Å². The molecule has 0 spiro atoms. The lowest BCUT2D eigenvalue weighted by Gasteiger charge is -2.12. The molecule has 166 valence electrons. The van der Waals surface area contributed by atoms with E-state index >= 15 is 0 Å². The number of carboxylic acid groups (broad SMARTS) is 1. The first-order valence-electron chi connectivity index (χ1n) is 7.96. The van der Waals surface area contributed by atoms with Crippen molar-refractivity contribution in [1.29, 1.82) is 0 Å². The van der Waals surface area contributed by atoms with E-state index < -0.39 is 31.0 Å². The van der Waals surface area contributed by atoms with Gasteiger partial charge in [0.15, 0.2) is 5.16 Å². The molecule has 0 amide bonds. The Morgan fingerprint density at radius 1 is 1.17 bits per heavy atom. The molecule has 1 aromatic carbocycles. The van der Waals surface area contributed by atoms with Gasteiger partial charge in [0.25, 0.3) is 10.1 Å². The number of nitrogens with zero attached hydrogens (tertiary/aromatic N) is 3. The number of benzene rings is 1. The molecule has 0 saturated heterocycles. The zero-order valence-corrected chi connectivity index (χ0v) is 19.0. The van der Waals surface area contributed by atoms with Gasteiger partial charge in [-0.05, 0) is 29.8 Å². The molecular weight excluding hydrogens is 482 g/mol. The van der Waals surface area contributed by atoms with Crippen LogP contribution in [0.3, 0.4) is 0 Å². The maximum Gasteiger partial charge on any atom is 0.313 e. The van der Waals surface area contributed by atoms with Crippen LogP contribution < -0.4 is 10.0 Å². The Kier molecular flexibility index (Phi) is 9.23. The number of hydrogen-bond donors (Lipinski definition) is 4. The highest BCUT2D eigenvalue weighted by Crippen LogP contribution is 2.28. The number of halogens is 1. The molecule has 1 heterocycles. The van der Waals surface area contributed by atoms with Crippen molar-refractivity contribution in [3.63, 3.8) is 0 Å². The average Bonchev–Trinajstić information content (AvgIpc) is 2.59. The minimum Gasteiger partial charge on any atom is -0.481 e. The molecule has 1 aromatic heterocycles. The number of hydrogen-bond acceptors (Lipinski definition) is 10. The minimum atomic E-state index is -4.68. The lowest BCUT2D eigenvalue weighted by Crippen LogP contribution is -2.11. The van der Waals surface area contributed by atoms with Gasteiger partial charge in [-0.3, -0.25) is 14.1 Å². The normalized spacial score (nSPS) is 11.2. The summed E-state index contributed by atoms with van der Waals surface area (Å²) < 4.78 is 57.4. The van der Waals surface area contributed by atoms with Crippen molar-refractivity contribution in [3.05, 3.63) is 23.5 Å². The fourth-order valence-corrected chi connectivity index (χ4v) is 3.78. The van der Waals surface area contributed by atoms with Crippen molar-refractivity contribution < 1.29 is 31.3 Å². The predicted octanol–water partition coefficient (Wildman–Crippen LogP) is 2.09. The number of rotatable bonds is 8. The molecule has 30 heavy (non-hydrogen) atoms. The van der Waals surface area contributed by atoms with Crippen LogP contribution in [0.5, 0.6) is 0 Å². The molecule has 0 bridgehead atoms. The summed E-state index contributed by atoms with van der Waals surface area (Å²) in [7, 11) is -8.34. The van der Waals surface area contributed by atoms with Gasteiger partial charge in [-0.2, -0.15) is 23.4 Å². The van der Waals surface area contributed by atoms with Gasteiger partial charge < -0.3 is 10.4 Å².